The number of piperazine rings is 1. The van der Waals surface area contributed by atoms with Crippen LogP contribution in [0.1, 0.15) is 5.56 Å². The molecule has 1 aliphatic heterocycles. The Labute approximate surface area is 121 Å². The van der Waals surface area contributed by atoms with E-state index < -0.39 is 0 Å². The van der Waals surface area contributed by atoms with Crippen molar-refractivity contribution in [1.29, 1.82) is 0 Å². The fourth-order valence-electron chi connectivity index (χ4n) is 2.38. The summed E-state index contributed by atoms with van der Waals surface area (Å²) in [5.74, 6) is 0.209. The Morgan fingerprint density at radius 1 is 1.37 bits per heavy atom. The largest absolute Gasteiger partial charge is 0.340 e. The van der Waals surface area contributed by atoms with Gasteiger partial charge < -0.3 is 10.2 Å². The van der Waals surface area contributed by atoms with Gasteiger partial charge in [0.2, 0.25) is 5.91 Å². The lowest BCUT2D eigenvalue weighted by Crippen LogP contribution is -2.46. The van der Waals surface area contributed by atoms with Crippen LogP contribution in [-0.4, -0.2) is 37.0 Å². The van der Waals surface area contributed by atoms with Gasteiger partial charge in [-0.25, -0.2) is 0 Å². The predicted molar refractivity (Wildman–Crippen MR) is 80.0 cm³/mol. The zero-order valence-corrected chi connectivity index (χ0v) is 12.1. The Morgan fingerprint density at radius 2 is 2.16 bits per heavy atom. The molecule has 0 radical (unpaired) electrons. The molecule has 19 heavy (non-hydrogen) atoms. The fourth-order valence-corrected chi connectivity index (χ4v) is 3.50. The van der Waals surface area contributed by atoms with Crippen LogP contribution in [0, 0.1) is 0 Å². The minimum Gasteiger partial charge on any atom is -0.340 e. The lowest BCUT2D eigenvalue weighted by Gasteiger charge is -2.27. The number of nitrogens with one attached hydrogen (secondary N) is 1. The second-order valence-corrected chi connectivity index (χ2v) is 6.06. The van der Waals surface area contributed by atoms with Gasteiger partial charge in [-0.15, -0.1) is 11.3 Å². The van der Waals surface area contributed by atoms with E-state index in [4.69, 9.17) is 11.6 Å². The number of carbonyl (C=O) groups is 1. The molecule has 0 bridgehead atoms. The number of carbonyl (C=O) groups excluding carboxylic acids is 1. The number of amides is 1. The van der Waals surface area contributed by atoms with E-state index in [0.29, 0.717) is 6.42 Å². The van der Waals surface area contributed by atoms with Gasteiger partial charge in [-0.3, -0.25) is 4.79 Å². The normalized spacial score (nSPS) is 15.9. The van der Waals surface area contributed by atoms with Crippen molar-refractivity contribution in [3.05, 3.63) is 34.2 Å². The number of hydrogen-bond donors (Lipinski definition) is 1. The predicted octanol–water partition coefficient (Wildman–Crippen LogP) is 2.53. The standard InChI is InChI=1S/C14H15ClN2OS/c15-11-1-2-13-12(8-11)10(9-19-13)7-14(18)17-5-3-16-4-6-17/h1-2,8-9,16H,3-7H2. The van der Waals surface area contributed by atoms with Crippen LogP contribution in [0.5, 0.6) is 0 Å². The second-order valence-electron chi connectivity index (χ2n) is 4.71. The molecule has 5 heteroatoms. The number of halogens is 1. The van der Waals surface area contributed by atoms with Gasteiger partial charge in [-0.2, -0.15) is 0 Å². The van der Waals surface area contributed by atoms with Gasteiger partial charge in [0.1, 0.15) is 0 Å². The molecule has 2 aromatic rings. The van der Waals surface area contributed by atoms with Crippen molar-refractivity contribution in [2.75, 3.05) is 26.2 Å². The molecule has 1 aromatic carbocycles. The molecule has 100 valence electrons. The molecule has 1 aliphatic rings. The Kier molecular flexibility index (Phi) is 3.73. The highest BCUT2D eigenvalue weighted by molar-refractivity contribution is 7.17. The number of rotatable bonds is 2. The zero-order chi connectivity index (χ0) is 13.2. The van der Waals surface area contributed by atoms with Crippen LogP contribution in [0.3, 0.4) is 0 Å². The number of fused-ring (bicyclic) bond motifs is 1. The molecule has 1 saturated heterocycles. The van der Waals surface area contributed by atoms with Crippen LogP contribution in [0.2, 0.25) is 5.02 Å². The fraction of sp³-hybridized carbons (Fsp3) is 0.357. The van der Waals surface area contributed by atoms with Gasteiger partial charge in [-0.05, 0) is 34.5 Å². The topological polar surface area (TPSA) is 32.3 Å². The lowest BCUT2D eigenvalue weighted by molar-refractivity contribution is -0.131. The van der Waals surface area contributed by atoms with E-state index in [9.17, 15) is 4.79 Å². The molecule has 1 N–H and O–H groups in total. The number of nitrogens with zero attached hydrogens (tertiary/aromatic N) is 1. The zero-order valence-electron chi connectivity index (χ0n) is 10.5. The summed E-state index contributed by atoms with van der Waals surface area (Å²) in [6.45, 7) is 3.40. The van der Waals surface area contributed by atoms with Crippen LogP contribution < -0.4 is 5.32 Å². The van der Waals surface area contributed by atoms with Crippen LogP contribution >= 0.6 is 22.9 Å². The molecule has 0 spiro atoms. The van der Waals surface area contributed by atoms with Crippen molar-refractivity contribution >= 4 is 38.9 Å². The highest BCUT2D eigenvalue weighted by Gasteiger charge is 2.17. The van der Waals surface area contributed by atoms with Crippen LogP contribution in [0.25, 0.3) is 10.1 Å². The summed E-state index contributed by atoms with van der Waals surface area (Å²) in [7, 11) is 0. The van der Waals surface area contributed by atoms with E-state index in [1.807, 2.05) is 23.1 Å². The maximum absolute atomic E-state index is 12.3. The van der Waals surface area contributed by atoms with Gasteiger partial charge in [0.05, 0.1) is 6.42 Å². The molecule has 1 aromatic heterocycles. The number of thiophene rings is 1. The summed E-state index contributed by atoms with van der Waals surface area (Å²) in [6, 6.07) is 5.86. The van der Waals surface area contributed by atoms with Crippen molar-refractivity contribution in [3.8, 4) is 0 Å². The molecule has 0 atom stereocenters. The lowest BCUT2D eigenvalue weighted by atomic mass is 10.1. The first-order valence-electron chi connectivity index (χ1n) is 6.38. The first-order valence-corrected chi connectivity index (χ1v) is 7.64. The molecule has 2 heterocycles. The highest BCUT2D eigenvalue weighted by atomic mass is 35.5. The minimum absolute atomic E-state index is 0.209. The third kappa shape index (κ3) is 2.76. The molecule has 0 aliphatic carbocycles. The number of hydrogen-bond acceptors (Lipinski definition) is 3. The number of benzene rings is 1. The smallest absolute Gasteiger partial charge is 0.227 e. The Morgan fingerprint density at radius 3 is 2.95 bits per heavy atom. The Balaban J connectivity index is 1.80. The van der Waals surface area contributed by atoms with E-state index in [1.165, 1.54) is 4.70 Å². The minimum atomic E-state index is 0.209. The summed E-state index contributed by atoms with van der Waals surface area (Å²) in [5.41, 5.74) is 1.09. The van der Waals surface area contributed by atoms with Gasteiger partial charge >= 0.3 is 0 Å². The summed E-state index contributed by atoms with van der Waals surface area (Å²) in [5, 5.41) is 7.16. The van der Waals surface area contributed by atoms with Crippen LogP contribution in [0.15, 0.2) is 23.6 Å². The summed E-state index contributed by atoms with van der Waals surface area (Å²) < 4.78 is 1.19. The van der Waals surface area contributed by atoms with Crippen LogP contribution in [0.4, 0.5) is 0 Å². The molecule has 1 fully saturated rings. The molecule has 1 amide bonds. The van der Waals surface area contributed by atoms with Gasteiger partial charge in [-0.1, -0.05) is 11.6 Å². The summed E-state index contributed by atoms with van der Waals surface area (Å²) in [6.07, 6.45) is 0.473. The Hall–Kier alpha value is -1.10. The van der Waals surface area contributed by atoms with E-state index in [-0.39, 0.29) is 5.91 Å². The van der Waals surface area contributed by atoms with Crippen molar-refractivity contribution in [2.24, 2.45) is 0 Å². The Bertz CT molecular complexity index is 605. The SMILES string of the molecule is O=C(Cc1csc2ccc(Cl)cc12)N1CCNCC1. The quantitative estimate of drug-likeness (QED) is 0.923. The van der Waals surface area contributed by atoms with Crippen LogP contribution in [-0.2, 0) is 11.2 Å². The van der Waals surface area contributed by atoms with E-state index in [0.717, 1.165) is 42.2 Å². The van der Waals surface area contributed by atoms with Crippen molar-refractivity contribution in [1.82, 2.24) is 10.2 Å². The molecule has 0 saturated carbocycles. The van der Waals surface area contributed by atoms with Crippen molar-refractivity contribution in [2.45, 2.75) is 6.42 Å². The average molecular weight is 295 g/mol. The monoisotopic (exact) mass is 294 g/mol. The van der Waals surface area contributed by atoms with Crippen molar-refractivity contribution < 1.29 is 4.79 Å². The first kappa shape index (κ1) is 12.9. The highest BCUT2D eigenvalue weighted by Crippen LogP contribution is 2.29. The maximum atomic E-state index is 12.3. The summed E-state index contributed by atoms with van der Waals surface area (Å²) in [4.78, 5) is 14.2. The van der Waals surface area contributed by atoms with Gasteiger partial charge in [0.25, 0.3) is 0 Å². The van der Waals surface area contributed by atoms with E-state index in [2.05, 4.69) is 10.7 Å². The van der Waals surface area contributed by atoms with Gasteiger partial charge in [0.15, 0.2) is 0 Å². The van der Waals surface area contributed by atoms with E-state index >= 15 is 0 Å². The van der Waals surface area contributed by atoms with Gasteiger partial charge in [0, 0.05) is 35.9 Å². The molecule has 3 nitrogen and oxygen atoms in total. The van der Waals surface area contributed by atoms with E-state index in [1.54, 1.807) is 11.3 Å². The third-order valence-corrected chi connectivity index (χ3v) is 4.67. The molecule has 3 rings (SSSR count). The third-order valence-electron chi connectivity index (χ3n) is 3.43. The summed E-state index contributed by atoms with van der Waals surface area (Å²) >= 11 is 7.70. The van der Waals surface area contributed by atoms with Crippen molar-refractivity contribution in [3.63, 3.8) is 0 Å². The molecular formula is C14H15ClN2OS. The first-order chi connectivity index (χ1) is 9.24. The average Bonchev–Trinajstić information content (AvgIpc) is 2.82. The maximum Gasteiger partial charge on any atom is 0.227 e. The molecule has 0 unspecified atom stereocenters. The second kappa shape index (κ2) is 5.49. The molecular weight excluding hydrogens is 280 g/mol.